The van der Waals surface area contributed by atoms with Gasteiger partial charge >= 0.3 is 11.9 Å². The first-order chi connectivity index (χ1) is 22.8. The lowest BCUT2D eigenvalue weighted by Crippen LogP contribution is -2.34. The lowest BCUT2D eigenvalue weighted by molar-refractivity contribution is -0.146. The third-order valence-corrected chi connectivity index (χ3v) is 7.80. The number of nitrogens with zero attached hydrogens (tertiary/aromatic N) is 2. The molecule has 4 rings (SSSR count). The predicted molar refractivity (Wildman–Crippen MR) is 179 cm³/mol. The van der Waals surface area contributed by atoms with Gasteiger partial charge in [-0.05, 0) is 42.8 Å². The fourth-order valence-electron chi connectivity index (χ4n) is 5.24. The van der Waals surface area contributed by atoms with Gasteiger partial charge in [0.1, 0.15) is 13.2 Å². The van der Waals surface area contributed by atoms with E-state index in [2.05, 4.69) is 10.6 Å². The van der Waals surface area contributed by atoms with Crippen LogP contribution in [0.3, 0.4) is 0 Å². The molecule has 2 heterocycles. The van der Waals surface area contributed by atoms with Crippen molar-refractivity contribution >= 4 is 23.8 Å². The molecule has 0 bridgehead atoms. The van der Waals surface area contributed by atoms with E-state index in [4.69, 9.17) is 9.47 Å². The van der Waals surface area contributed by atoms with E-state index >= 15 is 0 Å². The maximum atomic E-state index is 13.3. The number of carbonyl (C=O) groups excluding carboxylic acids is 4. The first-order valence-corrected chi connectivity index (χ1v) is 16.0. The van der Waals surface area contributed by atoms with Crippen LogP contribution in [0, 0.1) is 11.8 Å². The highest BCUT2D eigenvalue weighted by Crippen LogP contribution is 2.32. The third-order valence-electron chi connectivity index (χ3n) is 7.80. The summed E-state index contributed by atoms with van der Waals surface area (Å²) < 4.78 is 10.6. The number of nitrogens with one attached hydrogen (secondary N) is 2. The molecule has 0 aliphatic carbocycles. The monoisotopic (exact) mass is 640 g/mol. The van der Waals surface area contributed by atoms with Gasteiger partial charge in [-0.25, -0.2) is 0 Å². The predicted octanol–water partition coefficient (Wildman–Crippen LogP) is 4.57. The maximum Gasteiger partial charge on any atom is 0.306 e. The van der Waals surface area contributed by atoms with Crippen LogP contribution in [0.2, 0.25) is 0 Å². The molecule has 0 spiro atoms. The molecule has 0 saturated carbocycles. The molecule has 2 N–H and O–H groups in total. The Morgan fingerprint density at radius 2 is 1.04 bits per heavy atom. The molecule has 0 fully saturated rings. The van der Waals surface area contributed by atoms with Crippen LogP contribution in [0.15, 0.2) is 109 Å². The molecule has 0 radical (unpaired) electrons. The van der Waals surface area contributed by atoms with E-state index in [-0.39, 0.29) is 61.6 Å². The zero-order chi connectivity index (χ0) is 33.4. The highest BCUT2D eigenvalue weighted by atomic mass is 16.5. The van der Waals surface area contributed by atoms with Crippen LogP contribution in [-0.4, -0.2) is 60.7 Å². The van der Waals surface area contributed by atoms with E-state index < -0.39 is 0 Å². The van der Waals surface area contributed by atoms with Crippen molar-refractivity contribution in [3.05, 3.63) is 120 Å². The summed E-state index contributed by atoms with van der Waals surface area (Å²) in [6, 6.07) is 19.0. The van der Waals surface area contributed by atoms with E-state index in [9.17, 15) is 19.2 Å². The molecule has 248 valence electrons. The van der Waals surface area contributed by atoms with Crippen molar-refractivity contribution in [1.29, 1.82) is 0 Å². The van der Waals surface area contributed by atoms with Crippen LogP contribution in [0.25, 0.3) is 0 Å². The number of hydrogen-bond acceptors (Lipinski definition) is 8. The fourth-order valence-corrected chi connectivity index (χ4v) is 5.24. The molecule has 10 heteroatoms. The van der Waals surface area contributed by atoms with Crippen LogP contribution >= 0.6 is 0 Å². The highest BCUT2D eigenvalue weighted by molar-refractivity contribution is 5.95. The lowest BCUT2D eigenvalue weighted by Gasteiger charge is -2.29. The van der Waals surface area contributed by atoms with Crippen molar-refractivity contribution in [3.8, 4) is 0 Å². The molecule has 47 heavy (non-hydrogen) atoms. The van der Waals surface area contributed by atoms with Crippen LogP contribution in [0.5, 0.6) is 0 Å². The summed E-state index contributed by atoms with van der Waals surface area (Å²) in [4.78, 5) is 54.5. The molecule has 2 aliphatic rings. The van der Waals surface area contributed by atoms with Crippen LogP contribution < -0.4 is 10.6 Å². The number of carbonyl (C=O) groups is 4. The number of allylic oxidation sites excluding steroid dienone is 2. The summed E-state index contributed by atoms with van der Waals surface area (Å²) in [5, 5.41) is 5.88. The first-order valence-electron chi connectivity index (χ1n) is 16.0. The third kappa shape index (κ3) is 11.6. The smallest absolute Gasteiger partial charge is 0.306 e. The average Bonchev–Trinajstić information content (AvgIpc) is 3.09. The van der Waals surface area contributed by atoms with Gasteiger partial charge in [-0.15, -0.1) is 0 Å². The van der Waals surface area contributed by atoms with Crippen LogP contribution in [0.1, 0.15) is 43.2 Å². The molecule has 2 atom stereocenters. The van der Waals surface area contributed by atoms with Crippen molar-refractivity contribution < 1.29 is 28.7 Å². The van der Waals surface area contributed by atoms with Gasteiger partial charge in [-0.3, -0.25) is 19.2 Å². The van der Waals surface area contributed by atoms with E-state index in [0.717, 1.165) is 11.1 Å². The van der Waals surface area contributed by atoms with Crippen molar-refractivity contribution in [1.82, 2.24) is 20.4 Å². The van der Waals surface area contributed by atoms with Crippen LogP contribution in [0.4, 0.5) is 0 Å². The molecule has 2 aromatic rings. The Morgan fingerprint density at radius 3 is 1.45 bits per heavy atom. The molecular weight excluding hydrogens is 596 g/mol. The van der Waals surface area contributed by atoms with Gasteiger partial charge in [-0.2, -0.15) is 0 Å². The summed E-state index contributed by atoms with van der Waals surface area (Å²) in [6.07, 6.45) is 13.2. The Hall–Kier alpha value is -5.12. The minimum absolute atomic E-state index is 0.202. The normalized spacial score (nSPS) is 17.0. The molecule has 2 aliphatic heterocycles. The Bertz CT molecular complexity index is 1370. The van der Waals surface area contributed by atoms with Crippen molar-refractivity contribution in [2.75, 3.05) is 27.2 Å². The van der Waals surface area contributed by atoms with E-state index in [1.807, 2.05) is 109 Å². The summed E-state index contributed by atoms with van der Waals surface area (Å²) in [6.45, 7) is 1.11. The van der Waals surface area contributed by atoms with E-state index in [0.29, 0.717) is 43.5 Å². The minimum atomic E-state index is -0.310. The quantitative estimate of drug-likeness (QED) is 0.203. The number of amides is 2. The Balaban J connectivity index is 1.22. The second kappa shape index (κ2) is 18.1. The molecule has 10 nitrogen and oxygen atoms in total. The van der Waals surface area contributed by atoms with Crippen molar-refractivity contribution in [2.24, 2.45) is 11.8 Å². The SMILES string of the molecule is CN1C=CC(CC2C=CN(C)C=C2C(=O)NCCCC(=O)OCc2ccccc2)C(C(=O)NCCCC(=O)OCc2ccccc2)=C1. The van der Waals surface area contributed by atoms with Gasteiger partial charge in [0, 0.05) is 75.4 Å². The second-order valence-corrected chi connectivity index (χ2v) is 11.6. The Kier molecular flexibility index (Phi) is 13.4. The number of benzene rings is 2. The standard InChI is InChI=1S/C37H44N4O6/c1-40-21-17-30(32(24-40)36(44)38-19-9-15-34(42)46-26-28-11-5-3-6-12-28)23-31-18-22-41(2)25-33(31)37(45)39-20-10-16-35(43)47-27-29-13-7-4-8-14-29/h3-8,11-14,17-18,21-22,24-25,30-31H,9-10,15-16,19-20,23,26-27H2,1-2H3,(H,38,44)(H,39,45). The van der Waals surface area contributed by atoms with Gasteiger partial charge in [0.05, 0.1) is 0 Å². The Morgan fingerprint density at radius 1 is 0.638 bits per heavy atom. The summed E-state index contributed by atoms with van der Waals surface area (Å²) in [5.41, 5.74) is 3.02. The average molecular weight is 641 g/mol. The molecule has 2 unspecified atom stereocenters. The molecule has 2 aromatic carbocycles. The number of esters is 2. The Labute approximate surface area is 276 Å². The molecular formula is C37H44N4O6. The maximum absolute atomic E-state index is 13.3. The zero-order valence-corrected chi connectivity index (χ0v) is 27.1. The van der Waals surface area contributed by atoms with Crippen molar-refractivity contribution in [2.45, 2.75) is 45.3 Å². The molecule has 2 amide bonds. The zero-order valence-electron chi connectivity index (χ0n) is 27.1. The minimum Gasteiger partial charge on any atom is -0.461 e. The van der Waals surface area contributed by atoms with Gasteiger partial charge in [0.25, 0.3) is 0 Å². The second-order valence-electron chi connectivity index (χ2n) is 11.6. The summed E-state index contributed by atoms with van der Waals surface area (Å²) in [7, 11) is 3.71. The first kappa shape index (κ1) is 34.7. The van der Waals surface area contributed by atoms with Gasteiger partial charge in [0.2, 0.25) is 11.8 Å². The van der Waals surface area contributed by atoms with E-state index in [1.54, 1.807) is 12.4 Å². The van der Waals surface area contributed by atoms with Crippen LogP contribution in [-0.2, 0) is 41.9 Å². The molecule has 0 aromatic heterocycles. The number of hydrogen-bond donors (Lipinski definition) is 2. The number of rotatable bonds is 16. The summed E-state index contributed by atoms with van der Waals surface area (Å²) >= 11 is 0. The molecule has 0 saturated heterocycles. The highest BCUT2D eigenvalue weighted by Gasteiger charge is 2.29. The fraction of sp³-hybridized carbons (Fsp3) is 0.351. The van der Waals surface area contributed by atoms with Gasteiger partial charge in [0.15, 0.2) is 0 Å². The van der Waals surface area contributed by atoms with Gasteiger partial charge in [-0.1, -0.05) is 72.8 Å². The summed E-state index contributed by atoms with van der Waals surface area (Å²) in [5.74, 6) is -1.50. The van der Waals surface area contributed by atoms with Gasteiger partial charge < -0.3 is 29.9 Å². The van der Waals surface area contributed by atoms with Crippen molar-refractivity contribution in [3.63, 3.8) is 0 Å². The lowest BCUT2D eigenvalue weighted by atomic mass is 9.82. The largest absolute Gasteiger partial charge is 0.461 e. The van der Waals surface area contributed by atoms with E-state index in [1.165, 1.54) is 0 Å². The topological polar surface area (TPSA) is 117 Å². The number of ether oxygens (including phenoxy) is 2.